The molecule has 0 spiro atoms. The predicted octanol–water partition coefficient (Wildman–Crippen LogP) is 3.57. The molecule has 0 aliphatic heterocycles. The van der Waals surface area contributed by atoms with Gasteiger partial charge in [0.1, 0.15) is 5.75 Å². The molecule has 0 atom stereocenters. The molecule has 0 bridgehead atoms. The minimum atomic E-state index is 0.586. The maximum atomic E-state index is 5.77. The molecule has 0 amide bonds. The van der Waals surface area contributed by atoms with E-state index in [0.29, 0.717) is 5.13 Å². The molecule has 1 heterocycles. The van der Waals surface area contributed by atoms with E-state index in [1.807, 2.05) is 29.6 Å². The smallest absolute Gasteiger partial charge is 0.180 e. The molecular formula is C13H16N2OS. The molecule has 2 N–H and O–H groups in total. The monoisotopic (exact) mass is 248 g/mol. The van der Waals surface area contributed by atoms with E-state index in [1.165, 1.54) is 11.3 Å². The van der Waals surface area contributed by atoms with Gasteiger partial charge in [0.25, 0.3) is 0 Å². The lowest BCUT2D eigenvalue weighted by molar-refractivity contribution is 0.310. The summed E-state index contributed by atoms with van der Waals surface area (Å²) in [6.45, 7) is 2.89. The Morgan fingerprint density at radius 2 is 2.18 bits per heavy atom. The molecule has 0 aliphatic rings. The molecule has 4 heteroatoms. The Hall–Kier alpha value is -1.55. The number of benzene rings is 1. The van der Waals surface area contributed by atoms with Gasteiger partial charge in [-0.1, -0.05) is 25.5 Å². The van der Waals surface area contributed by atoms with Crippen LogP contribution in [0.2, 0.25) is 0 Å². The highest BCUT2D eigenvalue weighted by Gasteiger charge is 2.08. The van der Waals surface area contributed by atoms with Gasteiger partial charge >= 0.3 is 0 Å². The standard InChI is InChI=1S/C13H16N2OS/c1-2-3-8-16-12-7-5-4-6-10(12)11-9-17-13(14)15-11/h4-7,9H,2-3,8H2,1H3,(H2,14,15). The van der Waals surface area contributed by atoms with Crippen LogP contribution in [0.1, 0.15) is 19.8 Å². The molecule has 1 aromatic carbocycles. The third-order valence-corrected chi connectivity index (χ3v) is 3.11. The molecule has 0 fully saturated rings. The van der Waals surface area contributed by atoms with E-state index in [-0.39, 0.29) is 0 Å². The van der Waals surface area contributed by atoms with Crippen LogP contribution in [0.3, 0.4) is 0 Å². The number of hydrogen-bond donors (Lipinski definition) is 1. The zero-order valence-corrected chi connectivity index (χ0v) is 10.7. The lowest BCUT2D eigenvalue weighted by Gasteiger charge is -2.09. The van der Waals surface area contributed by atoms with Gasteiger partial charge in [-0.25, -0.2) is 4.98 Å². The molecule has 0 aliphatic carbocycles. The van der Waals surface area contributed by atoms with Crippen LogP contribution in [-0.2, 0) is 0 Å². The molecular weight excluding hydrogens is 232 g/mol. The summed E-state index contributed by atoms with van der Waals surface area (Å²) in [4.78, 5) is 4.29. The number of anilines is 1. The third kappa shape index (κ3) is 2.97. The quantitative estimate of drug-likeness (QED) is 0.823. The first kappa shape index (κ1) is 11.9. The van der Waals surface area contributed by atoms with E-state index in [4.69, 9.17) is 10.5 Å². The highest BCUT2D eigenvalue weighted by atomic mass is 32.1. The van der Waals surface area contributed by atoms with Crippen LogP contribution in [-0.4, -0.2) is 11.6 Å². The van der Waals surface area contributed by atoms with E-state index < -0.39 is 0 Å². The summed E-state index contributed by atoms with van der Waals surface area (Å²) in [5, 5.41) is 2.54. The van der Waals surface area contributed by atoms with Crippen molar-refractivity contribution in [3.63, 3.8) is 0 Å². The summed E-state index contributed by atoms with van der Waals surface area (Å²) in [5.74, 6) is 0.881. The van der Waals surface area contributed by atoms with Gasteiger partial charge in [-0.2, -0.15) is 0 Å². The molecule has 17 heavy (non-hydrogen) atoms. The number of nitrogens with zero attached hydrogens (tertiary/aromatic N) is 1. The number of rotatable bonds is 5. The maximum Gasteiger partial charge on any atom is 0.180 e. The van der Waals surface area contributed by atoms with Crippen LogP contribution in [0.5, 0.6) is 5.75 Å². The van der Waals surface area contributed by atoms with Gasteiger partial charge in [0.05, 0.1) is 12.3 Å². The zero-order valence-electron chi connectivity index (χ0n) is 9.85. The molecule has 90 valence electrons. The Balaban J connectivity index is 2.21. The Kier molecular flexibility index (Phi) is 3.98. The van der Waals surface area contributed by atoms with Crippen LogP contribution < -0.4 is 10.5 Å². The van der Waals surface area contributed by atoms with Gasteiger partial charge in [-0.3, -0.25) is 0 Å². The van der Waals surface area contributed by atoms with Gasteiger partial charge in [0.2, 0.25) is 0 Å². The minimum absolute atomic E-state index is 0.586. The second-order valence-electron chi connectivity index (χ2n) is 3.77. The highest BCUT2D eigenvalue weighted by Crippen LogP contribution is 2.31. The lowest BCUT2D eigenvalue weighted by atomic mass is 10.1. The summed E-state index contributed by atoms with van der Waals surface area (Å²) in [5.41, 5.74) is 7.55. The van der Waals surface area contributed by atoms with Crippen molar-refractivity contribution in [2.45, 2.75) is 19.8 Å². The van der Waals surface area contributed by atoms with Gasteiger partial charge < -0.3 is 10.5 Å². The Labute approximate surface area is 105 Å². The van der Waals surface area contributed by atoms with Gasteiger partial charge in [0, 0.05) is 10.9 Å². The van der Waals surface area contributed by atoms with Gasteiger partial charge in [0.15, 0.2) is 5.13 Å². The van der Waals surface area contributed by atoms with Gasteiger partial charge in [-0.15, -0.1) is 11.3 Å². The fourth-order valence-electron chi connectivity index (χ4n) is 1.54. The lowest BCUT2D eigenvalue weighted by Crippen LogP contribution is -1.98. The van der Waals surface area contributed by atoms with Crippen LogP contribution >= 0.6 is 11.3 Å². The van der Waals surface area contributed by atoms with Crippen LogP contribution in [0.4, 0.5) is 5.13 Å². The SMILES string of the molecule is CCCCOc1ccccc1-c1csc(N)n1. The van der Waals surface area contributed by atoms with Crippen molar-refractivity contribution in [1.29, 1.82) is 0 Å². The summed E-state index contributed by atoms with van der Waals surface area (Å²) in [6, 6.07) is 7.94. The molecule has 0 saturated carbocycles. The number of thiazole rings is 1. The summed E-state index contributed by atoms with van der Waals surface area (Å²) >= 11 is 1.45. The van der Waals surface area contributed by atoms with E-state index in [9.17, 15) is 0 Å². The Bertz CT molecular complexity index is 482. The molecule has 0 saturated heterocycles. The van der Waals surface area contributed by atoms with Crippen molar-refractivity contribution < 1.29 is 4.74 Å². The maximum absolute atomic E-state index is 5.77. The number of nitrogens with two attached hydrogens (primary N) is 1. The molecule has 1 aromatic heterocycles. The third-order valence-electron chi connectivity index (χ3n) is 2.44. The van der Waals surface area contributed by atoms with Crippen molar-refractivity contribution in [3.05, 3.63) is 29.6 Å². The number of para-hydroxylation sites is 1. The molecule has 0 unspecified atom stereocenters. The number of nitrogen functional groups attached to an aromatic ring is 1. The van der Waals surface area contributed by atoms with Crippen LogP contribution in [0.25, 0.3) is 11.3 Å². The van der Waals surface area contributed by atoms with Crippen molar-refractivity contribution in [3.8, 4) is 17.0 Å². The van der Waals surface area contributed by atoms with E-state index in [2.05, 4.69) is 11.9 Å². The van der Waals surface area contributed by atoms with E-state index in [0.717, 1.165) is 36.5 Å². The first-order chi connectivity index (χ1) is 8.31. The normalized spacial score (nSPS) is 10.4. The molecule has 0 radical (unpaired) electrons. The second kappa shape index (κ2) is 5.68. The number of unbranched alkanes of at least 4 members (excludes halogenated alkanes) is 1. The van der Waals surface area contributed by atoms with Crippen molar-refractivity contribution in [2.75, 3.05) is 12.3 Å². The van der Waals surface area contributed by atoms with Crippen molar-refractivity contribution in [1.82, 2.24) is 4.98 Å². The minimum Gasteiger partial charge on any atom is -0.493 e. The van der Waals surface area contributed by atoms with E-state index >= 15 is 0 Å². The number of hydrogen-bond acceptors (Lipinski definition) is 4. The fourth-order valence-corrected chi connectivity index (χ4v) is 2.10. The average Bonchev–Trinajstić information content (AvgIpc) is 2.77. The zero-order chi connectivity index (χ0) is 12.1. The Morgan fingerprint density at radius 1 is 1.35 bits per heavy atom. The topological polar surface area (TPSA) is 48.1 Å². The largest absolute Gasteiger partial charge is 0.493 e. The molecule has 3 nitrogen and oxygen atoms in total. The first-order valence-corrected chi connectivity index (χ1v) is 6.62. The summed E-state index contributed by atoms with van der Waals surface area (Å²) in [7, 11) is 0. The highest BCUT2D eigenvalue weighted by molar-refractivity contribution is 7.13. The van der Waals surface area contributed by atoms with Crippen molar-refractivity contribution >= 4 is 16.5 Å². The second-order valence-corrected chi connectivity index (χ2v) is 4.66. The average molecular weight is 248 g/mol. The van der Waals surface area contributed by atoms with Gasteiger partial charge in [-0.05, 0) is 18.6 Å². The first-order valence-electron chi connectivity index (χ1n) is 5.74. The predicted molar refractivity (Wildman–Crippen MR) is 72.4 cm³/mol. The van der Waals surface area contributed by atoms with Crippen molar-refractivity contribution in [2.24, 2.45) is 0 Å². The summed E-state index contributed by atoms with van der Waals surface area (Å²) in [6.07, 6.45) is 2.19. The molecule has 2 aromatic rings. The number of aromatic nitrogens is 1. The van der Waals surface area contributed by atoms with E-state index in [1.54, 1.807) is 0 Å². The summed E-state index contributed by atoms with van der Waals surface area (Å²) < 4.78 is 5.77. The van der Waals surface area contributed by atoms with Crippen LogP contribution in [0.15, 0.2) is 29.6 Å². The fraction of sp³-hybridized carbons (Fsp3) is 0.308. The molecule has 2 rings (SSSR count). The van der Waals surface area contributed by atoms with Crippen LogP contribution in [0, 0.1) is 0 Å². The Morgan fingerprint density at radius 3 is 2.88 bits per heavy atom. The number of ether oxygens (including phenoxy) is 1.